The summed E-state index contributed by atoms with van der Waals surface area (Å²) in [5, 5.41) is 2.69. The minimum atomic E-state index is -3.57. The van der Waals surface area contributed by atoms with E-state index in [2.05, 4.69) is 5.32 Å². The number of aryl methyl sites for hydroxylation is 1. The molecule has 0 fully saturated rings. The Bertz CT molecular complexity index is 944. The van der Waals surface area contributed by atoms with Crippen LogP contribution in [0.1, 0.15) is 23.6 Å². The van der Waals surface area contributed by atoms with E-state index in [0.29, 0.717) is 11.3 Å². The smallest absolute Gasteiger partial charge is 0.243 e. The lowest BCUT2D eigenvalue weighted by molar-refractivity contribution is -0.120. The summed E-state index contributed by atoms with van der Waals surface area (Å²) in [7, 11) is -3.57. The van der Waals surface area contributed by atoms with Crippen molar-refractivity contribution >= 4 is 21.6 Å². The van der Waals surface area contributed by atoms with E-state index in [0.717, 1.165) is 11.1 Å². The summed E-state index contributed by atoms with van der Waals surface area (Å²) in [5.74, 6) is -0.999. The maximum absolute atomic E-state index is 13.5. The first-order chi connectivity index (χ1) is 12.3. The third-order valence-electron chi connectivity index (χ3n) is 4.69. The molecule has 1 amide bonds. The van der Waals surface area contributed by atoms with Gasteiger partial charge < -0.3 is 5.32 Å². The third-order valence-corrected chi connectivity index (χ3v) is 6.52. The van der Waals surface area contributed by atoms with E-state index in [4.69, 9.17) is 0 Å². The van der Waals surface area contributed by atoms with Gasteiger partial charge in [-0.2, -0.15) is 4.31 Å². The SMILES string of the molecule is CCS(=O)(=O)N1Cc2ccccc2CC1C(=O)Nc1cc(F)ccc1C. The molecule has 7 heteroatoms. The Hall–Kier alpha value is -2.25. The second kappa shape index (κ2) is 7.17. The number of hydrogen-bond donors (Lipinski definition) is 1. The number of fused-ring (bicyclic) bond motifs is 1. The average molecular weight is 376 g/mol. The molecule has 2 aromatic carbocycles. The molecule has 0 aromatic heterocycles. The van der Waals surface area contributed by atoms with Crippen molar-refractivity contribution in [1.29, 1.82) is 0 Å². The number of nitrogens with one attached hydrogen (secondary N) is 1. The predicted octanol–water partition coefficient (Wildman–Crippen LogP) is 2.85. The number of amides is 1. The molecule has 1 aliphatic heterocycles. The first-order valence-electron chi connectivity index (χ1n) is 8.45. The maximum Gasteiger partial charge on any atom is 0.243 e. The van der Waals surface area contributed by atoms with E-state index in [1.807, 2.05) is 24.3 Å². The van der Waals surface area contributed by atoms with Crippen molar-refractivity contribution in [2.45, 2.75) is 32.9 Å². The first-order valence-corrected chi connectivity index (χ1v) is 10.1. The number of nitrogens with zero attached hydrogens (tertiary/aromatic N) is 1. The Balaban J connectivity index is 1.94. The maximum atomic E-state index is 13.5. The van der Waals surface area contributed by atoms with Crippen molar-refractivity contribution in [3.63, 3.8) is 0 Å². The van der Waals surface area contributed by atoms with Crippen LogP contribution >= 0.6 is 0 Å². The summed E-state index contributed by atoms with van der Waals surface area (Å²) in [6, 6.07) is 10.8. The van der Waals surface area contributed by atoms with Crippen LogP contribution in [0.3, 0.4) is 0 Å². The second-order valence-corrected chi connectivity index (χ2v) is 8.59. The average Bonchev–Trinajstić information content (AvgIpc) is 2.63. The fourth-order valence-electron chi connectivity index (χ4n) is 3.13. The zero-order valence-electron chi connectivity index (χ0n) is 14.7. The minimum Gasteiger partial charge on any atom is -0.324 e. The lowest BCUT2D eigenvalue weighted by atomic mass is 9.95. The van der Waals surface area contributed by atoms with Gasteiger partial charge in [-0.1, -0.05) is 30.3 Å². The molecule has 1 heterocycles. The van der Waals surface area contributed by atoms with Crippen LogP contribution in [0.25, 0.3) is 0 Å². The number of carbonyl (C=O) groups excluding carboxylic acids is 1. The summed E-state index contributed by atoms with van der Waals surface area (Å²) in [6.07, 6.45) is 0.287. The summed E-state index contributed by atoms with van der Waals surface area (Å²) < 4.78 is 39.8. The number of hydrogen-bond acceptors (Lipinski definition) is 3. The Kier molecular flexibility index (Phi) is 5.11. The molecule has 3 rings (SSSR count). The van der Waals surface area contributed by atoms with Crippen LogP contribution in [0.2, 0.25) is 0 Å². The van der Waals surface area contributed by atoms with E-state index >= 15 is 0 Å². The highest BCUT2D eigenvalue weighted by Crippen LogP contribution is 2.27. The normalized spacial score (nSPS) is 17.6. The van der Waals surface area contributed by atoms with Gasteiger partial charge in [0, 0.05) is 12.2 Å². The Morgan fingerprint density at radius 1 is 1.23 bits per heavy atom. The van der Waals surface area contributed by atoms with Crippen molar-refractivity contribution in [3.05, 3.63) is 65.0 Å². The van der Waals surface area contributed by atoms with Gasteiger partial charge in [0.05, 0.1) is 5.75 Å². The molecular formula is C19H21FN2O3S. The number of sulfonamides is 1. The van der Waals surface area contributed by atoms with Crippen LogP contribution in [-0.4, -0.2) is 30.4 Å². The number of rotatable bonds is 4. The molecule has 138 valence electrons. The van der Waals surface area contributed by atoms with Gasteiger partial charge in [0.25, 0.3) is 0 Å². The molecule has 1 aliphatic rings. The van der Waals surface area contributed by atoms with Crippen LogP contribution in [0, 0.1) is 12.7 Å². The second-order valence-electron chi connectivity index (χ2n) is 6.38. The van der Waals surface area contributed by atoms with Gasteiger partial charge >= 0.3 is 0 Å². The molecule has 1 unspecified atom stereocenters. The molecule has 5 nitrogen and oxygen atoms in total. The van der Waals surface area contributed by atoms with Gasteiger partial charge in [0.2, 0.25) is 15.9 Å². The molecule has 2 aromatic rings. The standard InChI is InChI=1S/C19H21FN2O3S/c1-3-26(24,25)22-12-15-7-5-4-6-14(15)10-18(22)19(23)21-17-11-16(20)9-8-13(17)2/h4-9,11,18H,3,10,12H2,1-2H3,(H,21,23). The molecule has 0 saturated heterocycles. The Morgan fingerprint density at radius 3 is 2.62 bits per heavy atom. The van der Waals surface area contributed by atoms with Crippen LogP contribution in [-0.2, 0) is 27.8 Å². The van der Waals surface area contributed by atoms with Gasteiger partial charge in [-0.05, 0) is 49.1 Å². The van der Waals surface area contributed by atoms with Crippen molar-refractivity contribution in [2.75, 3.05) is 11.1 Å². The van der Waals surface area contributed by atoms with Crippen LogP contribution in [0.4, 0.5) is 10.1 Å². The van der Waals surface area contributed by atoms with Crippen molar-refractivity contribution in [3.8, 4) is 0 Å². The molecule has 0 radical (unpaired) electrons. The molecule has 0 aliphatic carbocycles. The highest BCUT2D eigenvalue weighted by molar-refractivity contribution is 7.89. The third kappa shape index (κ3) is 3.64. The number of carbonyl (C=O) groups is 1. The lowest BCUT2D eigenvalue weighted by Gasteiger charge is -2.34. The van der Waals surface area contributed by atoms with Gasteiger partial charge in [0.15, 0.2) is 0 Å². The Morgan fingerprint density at radius 2 is 1.92 bits per heavy atom. The van der Waals surface area contributed by atoms with E-state index in [1.54, 1.807) is 19.9 Å². The fourth-order valence-corrected chi connectivity index (χ4v) is 4.35. The van der Waals surface area contributed by atoms with E-state index < -0.39 is 27.8 Å². The molecular weight excluding hydrogens is 355 g/mol. The molecule has 0 saturated carbocycles. The summed E-state index contributed by atoms with van der Waals surface area (Å²) in [4.78, 5) is 12.9. The topological polar surface area (TPSA) is 66.5 Å². The fraction of sp³-hybridized carbons (Fsp3) is 0.316. The minimum absolute atomic E-state index is 0.0854. The lowest BCUT2D eigenvalue weighted by Crippen LogP contribution is -2.51. The zero-order chi connectivity index (χ0) is 18.9. The van der Waals surface area contributed by atoms with Gasteiger partial charge in [-0.3, -0.25) is 4.79 Å². The molecule has 0 bridgehead atoms. The predicted molar refractivity (Wildman–Crippen MR) is 98.7 cm³/mol. The summed E-state index contributed by atoms with van der Waals surface area (Å²) in [6.45, 7) is 3.47. The zero-order valence-corrected chi connectivity index (χ0v) is 15.5. The van der Waals surface area contributed by atoms with E-state index in [-0.39, 0.29) is 18.7 Å². The highest BCUT2D eigenvalue weighted by atomic mass is 32.2. The van der Waals surface area contributed by atoms with Crippen molar-refractivity contribution in [1.82, 2.24) is 4.31 Å². The molecule has 26 heavy (non-hydrogen) atoms. The molecule has 0 spiro atoms. The first kappa shape index (κ1) is 18.5. The van der Waals surface area contributed by atoms with E-state index in [9.17, 15) is 17.6 Å². The highest BCUT2D eigenvalue weighted by Gasteiger charge is 2.38. The van der Waals surface area contributed by atoms with Gasteiger partial charge in [0.1, 0.15) is 11.9 Å². The van der Waals surface area contributed by atoms with Crippen molar-refractivity contribution < 1.29 is 17.6 Å². The Labute approximate surface area is 152 Å². The monoisotopic (exact) mass is 376 g/mol. The van der Waals surface area contributed by atoms with Crippen LogP contribution < -0.4 is 5.32 Å². The van der Waals surface area contributed by atoms with Crippen LogP contribution in [0.5, 0.6) is 0 Å². The largest absolute Gasteiger partial charge is 0.324 e. The van der Waals surface area contributed by atoms with Gasteiger partial charge in [-0.25, -0.2) is 12.8 Å². The molecule has 1 N–H and O–H groups in total. The number of halogens is 1. The number of anilines is 1. The molecule has 1 atom stereocenters. The van der Waals surface area contributed by atoms with Crippen molar-refractivity contribution in [2.24, 2.45) is 0 Å². The number of benzene rings is 2. The quantitative estimate of drug-likeness (QED) is 0.892. The van der Waals surface area contributed by atoms with Crippen LogP contribution in [0.15, 0.2) is 42.5 Å². The summed E-state index contributed by atoms with van der Waals surface area (Å²) >= 11 is 0. The van der Waals surface area contributed by atoms with Gasteiger partial charge in [-0.15, -0.1) is 0 Å². The summed E-state index contributed by atoms with van der Waals surface area (Å²) in [5.41, 5.74) is 2.91. The van der Waals surface area contributed by atoms with E-state index in [1.165, 1.54) is 16.4 Å².